The Balaban J connectivity index is 1.48. The van der Waals surface area contributed by atoms with Gasteiger partial charge in [0.05, 0.1) is 17.0 Å². The van der Waals surface area contributed by atoms with Crippen LogP contribution in [0.15, 0.2) is 76.1 Å². The van der Waals surface area contributed by atoms with E-state index < -0.39 is 6.17 Å². The summed E-state index contributed by atoms with van der Waals surface area (Å²) in [6, 6.07) is 22.9. The van der Waals surface area contributed by atoms with Crippen LogP contribution >= 0.6 is 0 Å². The molecule has 1 atom stereocenters. The minimum Gasteiger partial charge on any atom is -0.402 e. The summed E-state index contributed by atoms with van der Waals surface area (Å²) in [6.45, 7) is 1.74. The minimum atomic E-state index is -0.892. The Hall–Kier alpha value is -4.64. The zero-order chi connectivity index (χ0) is 22.8. The lowest BCUT2D eigenvalue weighted by Crippen LogP contribution is -2.29. The van der Waals surface area contributed by atoms with Crippen LogP contribution in [-0.2, 0) is 11.2 Å². The van der Waals surface area contributed by atoms with E-state index in [4.69, 9.17) is 14.7 Å². The van der Waals surface area contributed by atoms with Crippen molar-refractivity contribution in [1.82, 2.24) is 15.2 Å². The van der Waals surface area contributed by atoms with Gasteiger partial charge in [0.1, 0.15) is 11.8 Å². The van der Waals surface area contributed by atoms with Crippen molar-refractivity contribution < 1.29 is 9.21 Å². The van der Waals surface area contributed by atoms with E-state index >= 15 is 0 Å². The third kappa shape index (κ3) is 4.00. The Morgan fingerprint density at radius 2 is 1.82 bits per heavy atom. The fraction of sp³-hybridized carbons (Fsp3) is 0.120. The number of carbonyl (C=O) groups excluding carboxylic acids is 1. The number of nitriles is 1. The van der Waals surface area contributed by atoms with Crippen LogP contribution in [-0.4, -0.2) is 32.8 Å². The van der Waals surface area contributed by atoms with E-state index in [1.54, 1.807) is 19.1 Å². The maximum absolute atomic E-state index is 13.0. The molecule has 0 amide bonds. The van der Waals surface area contributed by atoms with Crippen LogP contribution in [0, 0.1) is 18.3 Å². The molecule has 8 heteroatoms. The molecule has 0 fully saturated rings. The number of pyridine rings is 1. The summed E-state index contributed by atoms with van der Waals surface area (Å²) in [6.07, 6.45) is -0.665. The van der Waals surface area contributed by atoms with Crippen molar-refractivity contribution in [2.24, 2.45) is 4.99 Å². The standard InChI is InChI=1S/C25H18N6O2/c1-15-18(14-26)11-12-20(27-15)24-30-31-25(33-24)29-23-21(32)13-17-9-5-6-10-19(17)22(28-23)16-7-3-2-4-8-16/h2-12,23H,13H2,1H3,(H,29,31)/t23-/m1/s1. The number of Topliss-reactive ketones (excluding diaryl/α,β-unsaturated/α-hetero) is 1. The molecule has 5 rings (SSSR count). The lowest BCUT2D eigenvalue weighted by atomic mass is 9.96. The highest BCUT2D eigenvalue weighted by Gasteiger charge is 2.27. The van der Waals surface area contributed by atoms with E-state index in [-0.39, 0.29) is 24.1 Å². The molecule has 1 aliphatic rings. The predicted molar refractivity (Wildman–Crippen MR) is 122 cm³/mol. The van der Waals surface area contributed by atoms with Gasteiger partial charge in [0.25, 0.3) is 5.89 Å². The van der Waals surface area contributed by atoms with Gasteiger partial charge in [-0.15, -0.1) is 5.10 Å². The second kappa shape index (κ2) is 8.48. The Labute approximate surface area is 189 Å². The Morgan fingerprint density at radius 3 is 2.61 bits per heavy atom. The topological polar surface area (TPSA) is 117 Å². The third-order valence-electron chi connectivity index (χ3n) is 5.36. The van der Waals surface area contributed by atoms with E-state index in [0.29, 0.717) is 17.0 Å². The molecule has 2 aromatic heterocycles. The highest BCUT2D eigenvalue weighted by Crippen LogP contribution is 2.24. The number of ketones is 1. The van der Waals surface area contributed by atoms with Gasteiger partial charge in [0, 0.05) is 17.5 Å². The summed E-state index contributed by atoms with van der Waals surface area (Å²) < 4.78 is 5.71. The first-order valence-corrected chi connectivity index (χ1v) is 10.3. The summed E-state index contributed by atoms with van der Waals surface area (Å²) in [5, 5.41) is 20.1. The van der Waals surface area contributed by atoms with Crippen LogP contribution < -0.4 is 5.32 Å². The zero-order valence-corrected chi connectivity index (χ0v) is 17.7. The first kappa shape index (κ1) is 20.3. The van der Waals surface area contributed by atoms with Crippen LogP contribution in [0.1, 0.15) is 27.9 Å². The molecule has 0 radical (unpaired) electrons. The molecule has 0 saturated heterocycles. The monoisotopic (exact) mass is 434 g/mol. The second-order valence-corrected chi connectivity index (χ2v) is 7.54. The van der Waals surface area contributed by atoms with Crippen molar-refractivity contribution in [2.45, 2.75) is 19.5 Å². The molecule has 160 valence electrons. The summed E-state index contributed by atoms with van der Waals surface area (Å²) in [5.74, 6) is 0.0715. The van der Waals surface area contributed by atoms with Crippen molar-refractivity contribution in [3.63, 3.8) is 0 Å². The number of nitrogens with one attached hydrogen (secondary N) is 1. The summed E-state index contributed by atoms with van der Waals surface area (Å²) in [5.41, 5.74) is 4.95. The number of aromatic nitrogens is 3. The Morgan fingerprint density at radius 1 is 1.03 bits per heavy atom. The maximum Gasteiger partial charge on any atom is 0.317 e. The van der Waals surface area contributed by atoms with Crippen LogP contribution in [0.25, 0.3) is 11.6 Å². The van der Waals surface area contributed by atoms with E-state index in [9.17, 15) is 4.79 Å². The van der Waals surface area contributed by atoms with Crippen molar-refractivity contribution in [3.8, 4) is 17.7 Å². The number of hydrogen-bond donors (Lipinski definition) is 1. The molecule has 4 aromatic rings. The number of hydrogen-bond acceptors (Lipinski definition) is 8. The number of carbonyl (C=O) groups is 1. The average molecular weight is 434 g/mol. The Bertz CT molecular complexity index is 1420. The molecule has 1 aliphatic heterocycles. The summed E-state index contributed by atoms with van der Waals surface area (Å²) >= 11 is 0. The van der Waals surface area contributed by atoms with Crippen molar-refractivity contribution >= 4 is 17.5 Å². The first-order chi connectivity index (χ1) is 16.1. The first-order valence-electron chi connectivity index (χ1n) is 10.3. The predicted octanol–water partition coefficient (Wildman–Crippen LogP) is 3.71. The van der Waals surface area contributed by atoms with Gasteiger partial charge in [-0.05, 0) is 24.6 Å². The molecule has 2 aromatic carbocycles. The fourth-order valence-electron chi connectivity index (χ4n) is 3.70. The SMILES string of the molecule is Cc1nc(-c2nnc(N[C@H]3N=C(c4ccccc4)c4ccccc4CC3=O)o2)ccc1C#N. The normalized spacial score (nSPS) is 15.2. The number of nitrogens with zero attached hydrogens (tertiary/aromatic N) is 5. The van der Waals surface area contributed by atoms with Gasteiger partial charge in [-0.1, -0.05) is 59.7 Å². The molecular weight excluding hydrogens is 416 g/mol. The van der Waals surface area contributed by atoms with Crippen LogP contribution in [0.3, 0.4) is 0 Å². The number of rotatable bonds is 4. The number of aliphatic imine (C=N–C) groups is 1. The fourth-order valence-corrected chi connectivity index (χ4v) is 3.70. The zero-order valence-electron chi connectivity index (χ0n) is 17.7. The van der Waals surface area contributed by atoms with E-state index in [2.05, 4.69) is 26.6 Å². The molecule has 8 nitrogen and oxygen atoms in total. The van der Waals surface area contributed by atoms with Gasteiger partial charge < -0.3 is 9.73 Å². The van der Waals surface area contributed by atoms with Gasteiger partial charge in [0.2, 0.25) is 0 Å². The lowest BCUT2D eigenvalue weighted by Gasteiger charge is -2.11. The van der Waals surface area contributed by atoms with Gasteiger partial charge in [0.15, 0.2) is 11.9 Å². The third-order valence-corrected chi connectivity index (χ3v) is 5.36. The maximum atomic E-state index is 13.0. The molecule has 0 unspecified atom stereocenters. The average Bonchev–Trinajstić information content (AvgIpc) is 3.26. The molecular formula is C25H18N6O2. The van der Waals surface area contributed by atoms with Crippen molar-refractivity contribution in [3.05, 3.63) is 94.7 Å². The second-order valence-electron chi connectivity index (χ2n) is 7.54. The van der Waals surface area contributed by atoms with Gasteiger partial charge in [-0.25, -0.2) is 4.98 Å². The highest BCUT2D eigenvalue weighted by molar-refractivity contribution is 6.16. The van der Waals surface area contributed by atoms with E-state index in [0.717, 1.165) is 22.4 Å². The molecule has 33 heavy (non-hydrogen) atoms. The van der Waals surface area contributed by atoms with E-state index in [1.165, 1.54) is 0 Å². The molecule has 0 bridgehead atoms. The Kier molecular flexibility index (Phi) is 5.21. The van der Waals surface area contributed by atoms with Crippen LogP contribution in [0.4, 0.5) is 6.01 Å². The number of benzene rings is 2. The number of fused-ring (bicyclic) bond motifs is 1. The van der Waals surface area contributed by atoms with Crippen molar-refractivity contribution in [2.75, 3.05) is 5.32 Å². The lowest BCUT2D eigenvalue weighted by molar-refractivity contribution is -0.119. The van der Waals surface area contributed by atoms with E-state index in [1.807, 2.05) is 54.6 Å². The van der Waals surface area contributed by atoms with Gasteiger partial charge in [-0.2, -0.15) is 5.26 Å². The van der Waals surface area contributed by atoms with Gasteiger partial charge in [-0.3, -0.25) is 9.79 Å². The number of anilines is 1. The highest BCUT2D eigenvalue weighted by atomic mass is 16.4. The largest absolute Gasteiger partial charge is 0.402 e. The molecule has 1 N–H and O–H groups in total. The molecule has 3 heterocycles. The van der Waals surface area contributed by atoms with Gasteiger partial charge >= 0.3 is 6.01 Å². The van der Waals surface area contributed by atoms with Crippen LogP contribution in [0.5, 0.6) is 0 Å². The minimum absolute atomic E-state index is 0.0641. The molecule has 0 saturated carbocycles. The smallest absolute Gasteiger partial charge is 0.317 e. The summed E-state index contributed by atoms with van der Waals surface area (Å²) in [7, 11) is 0. The molecule has 0 aliphatic carbocycles. The molecule has 0 spiro atoms. The van der Waals surface area contributed by atoms with Crippen LogP contribution in [0.2, 0.25) is 0 Å². The number of aryl methyl sites for hydroxylation is 1. The summed E-state index contributed by atoms with van der Waals surface area (Å²) in [4.78, 5) is 22.1. The quantitative estimate of drug-likeness (QED) is 0.520. The van der Waals surface area contributed by atoms with Crippen molar-refractivity contribution in [1.29, 1.82) is 5.26 Å².